The van der Waals surface area contributed by atoms with Crippen LogP contribution in [0.25, 0.3) is 0 Å². The zero-order chi connectivity index (χ0) is 18.3. The number of esters is 1. The van der Waals surface area contributed by atoms with Gasteiger partial charge in [0.2, 0.25) is 0 Å². The Morgan fingerprint density at radius 3 is 2.15 bits per heavy atom. The number of hydrogen-bond acceptors (Lipinski definition) is 4. The van der Waals surface area contributed by atoms with Gasteiger partial charge in [0.15, 0.2) is 5.41 Å². The zero-order valence-electron chi connectivity index (χ0n) is 15.1. The van der Waals surface area contributed by atoms with Crippen LogP contribution in [0.2, 0.25) is 0 Å². The minimum absolute atomic E-state index is 0.0634. The third-order valence-electron chi connectivity index (χ3n) is 5.72. The molecule has 2 aromatic carbocycles. The minimum atomic E-state index is -1.15. The van der Waals surface area contributed by atoms with Gasteiger partial charge >= 0.3 is 5.97 Å². The summed E-state index contributed by atoms with van der Waals surface area (Å²) < 4.78 is 5.57. The highest BCUT2D eigenvalue weighted by atomic mass is 16.5. The van der Waals surface area contributed by atoms with Crippen LogP contribution in [0.1, 0.15) is 40.5 Å². The lowest BCUT2D eigenvalue weighted by molar-refractivity contribution is -0.154. The Hall–Kier alpha value is -2.64. The number of likely N-dealkylation sites (N-methyl/N-ethyl adjacent to an activating group) is 1. The van der Waals surface area contributed by atoms with E-state index in [9.17, 15) is 10.1 Å². The molecule has 4 nitrogen and oxygen atoms in total. The molecule has 0 spiro atoms. The molecular formula is C22H22N2O2. The summed E-state index contributed by atoms with van der Waals surface area (Å²) >= 11 is 0. The second-order valence-electron chi connectivity index (χ2n) is 7.47. The van der Waals surface area contributed by atoms with E-state index < -0.39 is 5.41 Å². The maximum absolute atomic E-state index is 13.1. The summed E-state index contributed by atoms with van der Waals surface area (Å²) in [5.41, 5.74) is 3.51. The number of carbonyl (C=O) groups excluding carboxylic acids is 1. The molecule has 0 aromatic heterocycles. The van der Waals surface area contributed by atoms with Crippen molar-refractivity contribution in [1.29, 1.82) is 5.26 Å². The van der Waals surface area contributed by atoms with Gasteiger partial charge in [0, 0.05) is 18.4 Å². The van der Waals surface area contributed by atoms with E-state index in [0.717, 1.165) is 11.1 Å². The first kappa shape index (κ1) is 16.8. The predicted octanol–water partition coefficient (Wildman–Crippen LogP) is 3.28. The van der Waals surface area contributed by atoms with E-state index in [1.807, 2.05) is 43.3 Å². The Bertz CT molecular complexity index is 852. The molecule has 132 valence electrons. The maximum atomic E-state index is 13.1. The maximum Gasteiger partial charge on any atom is 0.327 e. The van der Waals surface area contributed by atoms with Gasteiger partial charge in [-0.15, -0.1) is 0 Å². The van der Waals surface area contributed by atoms with Crippen molar-refractivity contribution in [2.75, 3.05) is 27.2 Å². The highest BCUT2D eigenvalue weighted by molar-refractivity contribution is 5.85. The van der Waals surface area contributed by atoms with Crippen LogP contribution in [0, 0.1) is 16.7 Å². The number of carbonyl (C=O) groups is 1. The largest absolute Gasteiger partial charge is 0.463 e. The van der Waals surface area contributed by atoms with Crippen LogP contribution in [0.15, 0.2) is 48.5 Å². The van der Waals surface area contributed by atoms with Crippen LogP contribution in [0.5, 0.6) is 0 Å². The first-order valence-electron chi connectivity index (χ1n) is 8.99. The highest BCUT2D eigenvalue weighted by Crippen LogP contribution is 2.61. The van der Waals surface area contributed by atoms with Crippen molar-refractivity contribution in [2.45, 2.75) is 18.3 Å². The Balaban J connectivity index is 1.79. The van der Waals surface area contributed by atoms with Gasteiger partial charge in [-0.3, -0.25) is 4.79 Å². The summed E-state index contributed by atoms with van der Waals surface area (Å²) in [6, 6.07) is 18.8. The van der Waals surface area contributed by atoms with E-state index in [2.05, 4.69) is 30.3 Å². The van der Waals surface area contributed by atoms with Crippen molar-refractivity contribution in [1.82, 2.24) is 4.90 Å². The van der Waals surface area contributed by atoms with Gasteiger partial charge in [-0.05, 0) is 42.8 Å². The fourth-order valence-electron chi connectivity index (χ4n) is 4.51. The van der Waals surface area contributed by atoms with Gasteiger partial charge in [-0.1, -0.05) is 48.5 Å². The molecule has 0 N–H and O–H groups in total. The molecule has 4 heteroatoms. The molecule has 0 aliphatic heterocycles. The fraction of sp³-hybridized carbons (Fsp3) is 0.364. The van der Waals surface area contributed by atoms with Gasteiger partial charge in [0.05, 0.1) is 6.07 Å². The molecule has 0 saturated carbocycles. The summed E-state index contributed by atoms with van der Waals surface area (Å²) in [5, 5.41) is 10.1. The lowest BCUT2D eigenvalue weighted by Crippen LogP contribution is -2.47. The average Bonchev–Trinajstić information content (AvgIpc) is 2.67. The summed E-state index contributed by atoms with van der Waals surface area (Å²) in [5.74, 6) is -0.592. The zero-order valence-corrected chi connectivity index (χ0v) is 15.1. The molecule has 2 aromatic rings. The van der Waals surface area contributed by atoms with Crippen molar-refractivity contribution in [2.24, 2.45) is 5.41 Å². The SMILES string of the molecule is CN(C)CCOC(=O)C1(C#N)CC2c3ccccc3C1c1ccccc12. The van der Waals surface area contributed by atoms with Crippen molar-refractivity contribution < 1.29 is 9.53 Å². The van der Waals surface area contributed by atoms with Gasteiger partial charge in [-0.25, -0.2) is 0 Å². The van der Waals surface area contributed by atoms with E-state index in [0.29, 0.717) is 19.6 Å². The summed E-state index contributed by atoms with van der Waals surface area (Å²) in [6.07, 6.45) is 0.489. The molecule has 2 bridgehead atoms. The Morgan fingerprint density at radius 1 is 1.12 bits per heavy atom. The number of nitrogens with zero attached hydrogens (tertiary/aromatic N) is 2. The first-order valence-corrected chi connectivity index (χ1v) is 8.99. The van der Waals surface area contributed by atoms with Crippen LogP contribution in [-0.4, -0.2) is 38.1 Å². The van der Waals surface area contributed by atoms with Crippen LogP contribution < -0.4 is 0 Å². The van der Waals surface area contributed by atoms with E-state index in [1.165, 1.54) is 11.1 Å². The summed E-state index contributed by atoms with van der Waals surface area (Å²) in [6.45, 7) is 0.949. The molecule has 5 rings (SSSR count). The number of rotatable bonds is 4. The summed E-state index contributed by atoms with van der Waals surface area (Å²) in [4.78, 5) is 15.0. The molecule has 0 heterocycles. The van der Waals surface area contributed by atoms with Crippen LogP contribution in [0.4, 0.5) is 0 Å². The van der Waals surface area contributed by atoms with Crippen molar-refractivity contribution in [3.63, 3.8) is 0 Å². The van der Waals surface area contributed by atoms with Crippen molar-refractivity contribution in [3.05, 3.63) is 70.8 Å². The smallest absolute Gasteiger partial charge is 0.327 e. The molecule has 3 aliphatic carbocycles. The molecule has 26 heavy (non-hydrogen) atoms. The molecule has 0 saturated heterocycles. The highest BCUT2D eigenvalue weighted by Gasteiger charge is 2.58. The quantitative estimate of drug-likeness (QED) is 0.797. The lowest BCUT2D eigenvalue weighted by atomic mass is 9.52. The van der Waals surface area contributed by atoms with Crippen LogP contribution >= 0.6 is 0 Å². The fourth-order valence-corrected chi connectivity index (χ4v) is 4.51. The Kier molecular flexibility index (Phi) is 4.05. The monoisotopic (exact) mass is 346 g/mol. The summed E-state index contributed by atoms with van der Waals surface area (Å²) in [7, 11) is 3.87. The van der Waals surface area contributed by atoms with E-state index in [1.54, 1.807) is 0 Å². The Morgan fingerprint density at radius 2 is 1.65 bits per heavy atom. The van der Waals surface area contributed by atoms with Gasteiger partial charge in [0.1, 0.15) is 6.61 Å². The van der Waals surface area contributed by atoms with Crippen LogP contribution in [-0.2, 0) is 9.53 Å². The first-order chi connectivity index (χ1) is 12.6. The normalized spacial score (nSPS) is 25.3. The minimum Gasteiger partial charge on any atom is -0.463 e. The predicted molar refractivity (Wildman–Crippen MR) is 98.7 cm³/mol. The molecule has 0 amide bonds. The number of fused-ring (bicyclic) bond motifs is 1. The van der Waals surface area contributed by atoms with E-state index in [4.69, 9.17) is 4.74 Å². The second-order valence-corrected chi connectivity index (χ2v) is 7.47. The average molecular weight is 346 g/mol. The second kappa shape index (κ2) is 6.26. The third kappa shape index (κ3) is 2.35. The van der Waals surface area contributed by atoms with Crippen molar-refractivity contribution in [3.8, 4) is 6.07 Å². The molecule has 0 radical (unpaired) electrons. The van der Waals surface area contributed by atoms with Crippen molar-refractivity contribution >= 4 is 5.97 Å². The van der Waals surface area contributed by atoms with E-state index >= 15 is 0 Å². The Labute approximate surface area is 154 Å². The van der Waals surface area contributed by atoms with E-state index in [-0.39, 0.29) is 17.8 Å². The standard InChI is InChI=1S/C22H22N2O2/c1-24(2)11-12-26-21(25)22(14-23)13-19-15-7-3-5-9-17(15)20(22)18-10-6-4-8-16(18)19/h3-10,19-20H,11-13H2,1-2H3. The molecule has 1 atom stereocenters. The number of ether oxygens (including phenoxy) is 1. The topological polar surface area (TPSA) is 53.3 Å². The molecule has 1 unspecified atom stereocenters. The lowest BCUT2D eigenvalue weighted by Gasteiger charge is -2.48. The van der Waals surface area contributed by atoms with Gasteiger partial charge in [-0.2, -0.15) is 5.26 Å². The third-order valence-corrected chi connectivity index (χ3v) is 5.72. The number of nitriles is 1. The molecular weight excluding hydrogens is 324 g/mol. The molecule has 3 aliphatic rings. The van der Waals surface area contributed by atoms with Gasteiger partial charge in [0.25, 0.3) is 0 Å². The number of benzene rings is 2. The molecule has 0 fully saturated rings. The van der Waals surface area contributed by atoms with Gasteiger partial charge < -0.3 is 9.64 Å². The number of hydrogen-bond donors (Lipinski definition) is 0. The van der Waals surface area contributed by atoms with Crippen LogP contribution in [0.3, 0.4) is 0 Å².